The molecule has 1 aromatic heterocycles. The lowest BCUT2D eigenvalue weighted by molar-refractivity contribution is -0.115. The van der Waals surface area contributed by atoms with Gasteiger partial charge in [-0.2, -0.15) is 0 Å². The number of rotatable bonds is 7. The molecular formula is C19H18FN5OS. The smallest absolute Gasteiger partial charge is 0.225 e. The Morgan fingerprint density at radius 1 is 1.22 bits per heavy atom. The van der Waals surface area contributed by atoms with Crippen molar-refractivity contribution in [3.63, 3.8) is 0 Å². The second kappa shape index (κ2) is 7.87. The van der Waals surface area contributed by atoms with Gasteiger partial charge in [0.05, 0.1) is 6.04 Å². The van der Waals surface area contributed by atoms with Crippen LogP contribution in [0, 0.1) is 5.82 Å². The molecule has 6 nitrogen and oxygen atoms in total. The lowest BCUT2D eigenvalue weighted by atomic mass is 10.2. The molecule has 0 spiro atoms. The number of aromatic nitrogens is 4. The van der Waals surface area contributed by atoms with Gasteiger partial charge in [0.2, 0.25) is 5.91 Å². The second-order valence-corrected chi connectivity index (χ2v) is 7.47. The number of carbonyl (C=O) groups excluding carboxylic acids is 1. The normalized spacial score (nSPS) is 13.5. The molecular weight excluding hydrogens is 365 g/mol. The Morgan fingerprint density at radius 2 is 2.07 bits per heavy atom. The molecule has 1 aliphatic carbocycles. The van der Waals surface area contributed by atoms with Gasteiger partial charge in [0.15, 0.2) is 5.82 Å². The molecule has 4 rings (SSSR count). The number of amides is 1. The SMILES string of the molecule is O=C(CCSc1ccccc1F)Nc1cccc(-c2nnnn2C2CC2)c1. The molecule has 0 bridgehead atoms. The van der Waals surface area contributed by atoms with Gasteiger partial charge >= 0.3 is 0 Å². The summed E-state index contributed by atoms with van der Waals surface area (Å²) < 4.78 is 15.4. The van der Waals surface area contributed by atoms with E-state index in [0.717, 1.165) is 18.4 Å². The molecule has 1 fully saturated rings. The average Bonchev–Trinajstić information content (AvgIpc) is 3.40. The molecule has 27 heavy (non-hydrogen) atoms. The summed E-state index contributed by atoms with van der Waals surface area (Å²) in [5.41, 5.74) is 1.56. The first-order valence-electron chi connectivity index (χ1n) is 8.76. The monoisotopic (exact) mass is 383 g/mol. The molecule has 0 unspecified atom stereocenters. The van der Waals surface area contributed by atoms with Crippen LogP contribution in [-0.4, -0.2) is 31.9 Å². The molecule has 138 valence electrons. The number of nitrogens with zero attached hydrogens (tertiary/aromatic N) is 4. The summed E-state index contributed by atoms with van der Waals surface area (Å²) in [5.74, 6) is 0.845. The lowest BCUT2D eigenvalue weighted by Crippen LogP contribution is -2.12. The van der Waals surface area contributed by atoms with Crippen LogP contribution in [0.2, 0.25) is 0 Å². The maximum Gasteiger partial charge on any atom is 0.225 e. The minimum absolute atomic E-state index is 0.113. The van der Waals surface area contributed by atoms with E-state index < -0.39 is 0 Å². The molecule has 0 saturated heterocycles. The Hall–Kier alpha value is -2.74. The minimum Gasteiger partial charge on any atom is -0.326 e. The fourth-order valence-electron chi connectivity index (χ4n) is 2.72. The summed E-state index contributed by atoms with van der Waals surface area (Å²) in [4.78, 5) is 12.8. The number of halogens is 1. The van der Waals surface area contributed by atoms with Crippen LogP contribution in [0.4, 0.5) is 10.1 Å². The molecule has 1 saturated carbocycles. The van der Waals surface area contributed by atoms with Crippen molar-refractivity contribution in [2.45, 2.75) is 30.2 Å². The third-order valence-electron chi connectivity index (χ3n) is 4.21. The first-order valence-corrected chi connectivity index (χ1v) is 9.75. The zero-order valence-electron chi connectivity index (χ0n) is 14.5. The van der Waals surface area contributed by atoms with E-state index in [0.29, 0.717) is 34.6 Å². The van der Waals surface area contributed by atoms with Crippen molar-refractivity contribution in [2.75, 3.05) is 11.1 Å². The third-order valence-corrected chi connectivity index (χ3v) is 5.26. The Balaban J connectivity index is 1.36. The van der Waals surface area contributed by atoms with Crippen LogP contribution >= 0.6 is 11.8 Å². The molecule has 0 aliphatic heterocycles. The number of thioether (sulfide) groups is 1. The van der Waals surface area contributed by atoms with Crippen molar-refractivity contribution < 1.29 is 9.18 Å². The summed E-state index contributed by atoms with van der Waals surface area (Å²) >= 11 is 1.33. The van der Waals surface area contributed by atoms with Gasteiger partial charge in [-0.15, -0.1) is 16.9 Å². The molecule has 0 atom stereocenters. The number of hydrogen-bond donors (Lipinski definition) is 1. The Kier molecular flexibility index (Phi) is 5.15. The predicted octanol–water partition coefficient (Wildman–Crippen LogP) is 3.94. The van der Waals surface area contributed by atoms with E-state index in [1.807, 2.05) is 28.9 Å². The number of hydrogen-bond acceptors (Lipinski definition) is 5. The van der Waals surface area contributed by atoms with E-state index in [4.69, 9.17) is 0 Å². The molecule has 3 aromatic rings. The van der Waals surface area contributed by atoms with Crippen molar-refractivity contribution in [3.05, 3.63) is 54.3 Å². The zero-order chi connectivity index (χ0) is 18.6. The predicted molar refractivity (Wildman–Crippen MR) is 102 cm³/mol. The van der Waals surface area contributed by atoms with Gasteiger partial charge in [-0.1, -0.05) is 24.3 Å². The minimum atomic E-state index is -0.260. The van der Waals surface area contributed by atoms with Gasteiger partial charge < -0.3 is 5.32 Å². The molecule has 1 N–H and O–H groups in total. The summed E-state index contributed by atoms with van der Waals surface area (Å²) in [6.07, 6.45) is 2.48. The molecule has 8 heteroatoms. The fraction of sp³-hybridized carbons (Fsp3) is 0.263. The topological polar surface area (TPSA) is 72.7 Å². The van der Waals surface area contributed by atoms with Gasteiger partial charge in [0.1, 0.15) is 5.82 Å². The van der Waals surface area contributed by atoms with Crippen LogP contribution in [0.25, 0.3) is 11.4 Å². The largest absolute Gasteiger partial charge is 0.326 e. The number of benzene rings is 2. The first kappa shape index (κ1) is 17.7. The second-order valence-electron chi connectivity index (χ2n) is 6.34. The third kappa shape index (κ3) is 4.33. The van der Waals surface area contributed by atoms with Crippen LogP contribution in [0.1, 0.15) is 25.3 Å². The zero-order valence-corrected chi connectivity index (χ0v) is 15.3. The number of nitrogens with one attached hydrogen (secondary N) is 1. The summed E-state index contributed by atoms with van der Waals surface area (Å²) in [5, 5.41) is 14.8. The number of tetrazole rings is 1. The highest BCUT2D eigenvalue weighted by Gasteiger charge is 2.28. The van der Waals surface area contributed by atoms with E-state index in [9.17, 15) is 9.18 Å². The highest BCUT2D eigenvalue weighted by atomic mass is 32.2. The van der Waals surface area contributed by atoms with Gasteiger partial charge in [-0.05, 0) is 47.5 Å². The lowest BCUT2D eigenvalue weighted by Gasteiger charge is -2.08. The molecule has 1 heterocycles. The Morgan fingerprint density at radius 3 is 2.89 bits per heavy atom. The van der Waals surface area contributed by atoms with E-state index in [1.54, 1.807) is 18.2 Å². The van der Waals surface area contributed by atoms with Crippen LogP contribution in [0.15, 0.2) is 53.4 Å². The standard InChI is InChI=1S/C19H18FN5OS/c20-16-6-1-2-7-17(16)27-11-10-18(26)21-14-5-3-4-13(12-14)19-22-23-24-25(19)15-8-9-15/h1-7,12,15H,8-11H2,(H,21,26). The fourth-order valence-corrected chi connectivity index (χ4v) is 3.61. The molecule has 1 amide bonds. The summed E-state index contributed by atoms with van der Waals surface area (Å²) in [7, 11) is 0. The van der Waals surface area contributed by atoms with Gasteiger partial charge in [-0.25, -0.2) is 9.07 Å². The first-order chi connectivity index (χ1) is 13.2. The van der Waals surface area contributed by atoms with Gasteiger partial charge in [-0.3, -0.25) is 4.79 Å². The highest BCUT2D eigenvalue weighted by Crippen LogP contribution is 2.36. The van der Waals surface area contributed by atoms with Crippen molar-refractivity contribution in [1.82, 2.24) is 20.2 Å². The average molecular weight is 383 g/mol. The van der Waals surface area contributed by atoms with Gasteiger partial charge in [0.25, 0.3) is 0 Å². The Labute approximate surface area is 160 Å². The van der Waals surface area contributed by atoms with Crippen molar-refractivity contribution in [3.8, 4) is 11.4 Å². The van der Waals surface area contributed by atoms with E-state index in [-0.39, 0.29) is 11.7 Å². The maximum absolute atomic E-state index is 13.6. The number of anilines is 1. The van der Waals surface area contributed by atoms with Crippen molar-refractivity contribution in [2.24, 2.45) is 0 Å². The van der Waals surface area contributed by atoms with E-state index in [2.05, 4.69) is 20.8 Å². The summed E-state index contributed by atoms with van der Waals surface area (Å²) in [6.45, 7) is 0. The molecule has 0 radical (unpaired) electrons. The molecule has 1 aliphatic rings. The van der Waals surface area contributed by atoms with Crippen molar-refractivity contribution >= 4 is 23.4 Å². The maximum atomic E-state index is 13.6. The molecule has 2 aromatic carbocycles. The van der Waals surface area contributed by atoms with Crippen molar-refractivity contribution in [1.29, 1.82) is 0 Å². The van der Waals surface area contributed by atoms with Crippen LogP contribution in [0.5, 0.6) is 0 Å². The van der Waals surface area contributed by atoms with E-state index in [1.165, 1.54) is 17.8 Å². The van der Waals surface area contributed by atoms with Crippen LogP contribution < -0.4 is 5.32 Å². The van der Waals surface area contributed by atoms with E-state index >= 15 is 0 Å². The highest BCUT2D eigenvalue weighted by molar-refractivity contribution is 7.99. The van der Waals surface area contributed by atoms with Crippen LogP contribution in [-0.2, 0) is 4.79 Å². The van der Waals surface area contributed by atoms with Gasteiger partial charge in [0, 0.05) is 28.3 Å². The Bertz CT molecular complexity index is 957. The van der Waals surface area contributed by atoms with Crippen LogP contribution in [0.3, 0.4) is 0 Å². The quantitative estimate of drug-likeness (QED) is 0.626. The number of carbonyl (C=O) groups is 1. The summed E-state index contributed by atoms with van der Waals surface area (Å²) in [6, 6.07) is 14.4.